The highest BCUT2D eigenvalue weighted by molar-refractivity contribution is 5.64. The van der Waals surface area contributed by atoms with Crippen molar-refractivity contribution in [3.05, 3.63) is 5.69 Å². The molecule has 0 unspecified atom stereocenters. The molecular formula is C12H22N4O. The average Bonchev–Trinajstić information content (AvgIpc) is 2.52. The average molecular weight is 238 g/mol. The lowest BCUT2D eigenvalue weighted by Crippen LogP contribution is -2.39. The number of nitrogens with one attached hydrogen (secondary N) is 1. The van der Waals surface area contributed by atoms with E-state index in [1.807, 2.05) is 14.0 Å². The quantitative estimate of drug-likeness (QED) is 0.744. The van der Waals surface area contributed by atoms with Crippen molar-refractivity contribution in [3.8, 4) is 0 Å². The van der Waals surface area contributed by atoms with Crippen LogP contribution >= 0.6 is 0 Å². The minimum atomic E-state index is -0.580. The van der Waals surface area contributed by atoms with Crippen LogP contribution in [0.25, 0.3) is 0 Å². The van der Waals surface area contributed by atoms with Gasteiger partial charge in [0.1, 0.15) is 5.82 Å². The Labute approximate surface area is 102 Å². The fraction of sp³-hybridized carbons (Fsp3) is 0.750. The van der Waals surface area contributed by atoms with Crippen LogP contribution in [0.1, 0.15) is 37.8 Å². The van der Waals surface area contributed by atoms with Crippen molar-refractivity contribution in [2.24, 2.45) is 7.05 Å². The lowest BCUT2D eigenvalue weighted by molar-refractivity contribution is 0.0166. The van der Waals surface area contributed by atoms with Crippen LogP contribution in [0.5, 0.6) is 0 Å². The number of nitrogen functional groups attached to an aromatic ring is 1. The third-order valence-corrected chi connectivity index (χ3v) is 3.64. The van der Waals surface area contributed by atoms with Crippen LogP contribution in [0.15, 0.2) is 0 Å². The van der Waals surface area contributed by atoms with Crippen molar-refractivity contribution in [1.82, 2.24) is 9.78 Å². The molecule has 1 fully saturated rings. The van der Waals surface area contributed by atoms with E-state index >= 15 is 0 Å². The van der Waals surface area contributed by atoms with Crippen molar-refractivity contribution in [2.45, 2.75) is 44.6 Å². The number of rotatable bonds is 3. The van der Waals surface area contributed by atoms with Gasteiger partial charge in [-0.3, -0.25) is 4.68 Å². The number of nitrogens with two attached hydrogens (primary N) is 1. The molecule has 1 aliphatic rings. The minimum absolute atomic E-state index is 0.552. The standard InChI is InChI=1S/C12H22N4O/c1-9-10(13)11(16(2)15-9)14-8-12(17)6-4-3-5-7-12/h14,17H,3-8,13H2,1-2H3. The van der Waals surface area contributed by atoms with E-state index in [1.54, 1.807) is 4.68 Å². The molecule has 1 aromatic rings. The number of aliphatic hydroxyl groups is 1. The van der Waals surface area contributed by atoms with Gasteiger partial charge in [-0.1, -0.05) is 19.3 Å². The van der Waals surface area contributed by atoms with E-state index in [-0.39, 0.29) is 0 Å². The van der Waals surface area contributed by atoms with Gasteiger partial charge in [0.25, 0.3) is 0 Å². The van der Waals surface area contributed by atoms with Gasteiger partial charge in [0.2, 0.25) is 0 Å². The summed E-state index contributed by atoms with van der Waals surface area (Å²) in [6, 6.07) is 0. The summed E-state index contributed by atoms with van der Waals surface area (Å²) in [6.45, 7) is 2.44. The maximum Gasteiger partial charge on any atom is 0.147 e. The van der Waals surface area contributed by atoms with Gasteiger partial charge in [0.15, 0.2) is 0 Å². The minimum Gasteiger partial charge on any atom is -0.394 e. The predicted molar refractivity (Wildman–Crippen MR) is 68.9 cm³/mol. The zero-order chi connectivity index (χ0) is 12.5. The van der Waals surface area contributed by atoms with Crippen molar-refractivity contribution < 1.29 is 5.11 Å². The molecule has 1 aromatic heterocycles. The van der Waals surface area contributed by atoms with Crippen molar-refractivity contribution in [2.75, 3.05) is 17.6 Å². The van der Waals surface area contributed by atoms with E-state index in [1.165, 1.54) is 6.42 Å². The van der Waals surface area contributed by atoms with Crippen molar-refractivity contribution in [1.29, 1.82) is 0 Å². The highest BCUT2D eigenvalue weighted by Crippen LogP contribution is 2.29. The molecule has 0 bridgehead atoms. The summed E-state index contributed by atoms with van der Waals surface area (Å²) in [4.78, 5) is 0. The summed E-state index contributed by atoms with van der Waals surface area (Å²) in [7, 11) is 1.86. The van der Waals surface area contributed by atoms with Gasteiger partial charge in [-0.05, 0) is 19.8 Å². The van der Waals surface area contributed by atoms with Crippen molar-refractivity contribution >= 4 is 11.5 Å². The van der Waals surface area contributed by atoms with Crippen molar-refractivity contribution in [3.63, 3.8) is 0 Å². The van der Waals surface area contributed by atoms with Crippen LogP contribution < -0.4 is 11.1 Å². The molecule has 0 amide bonds. The second-order valence-corrected chi connectivity index (χ2v) is 5.11. The van der Waals surface area contributed by atoms with E-state index in [4.69, 9.17) is 5.73 Å². The molecule has 0 saturated heterocycles. The number of nitrogens with zero attached hydrogens (tertiary/aromatic N) is 2. The van der Waals surface area contributed by atoms with Gasteiger partial charge in [-0.15, -0.1) is 0 Å². The first kappa shape index (κ1) is 12.2. The van der Waals surface area contributed by atoms with E-state index < -0.39 is 5.60 Å². The van der Waals surface area contributed by atoms with E-state index in [0.29, 0.717) is 12.2 Å². The zero-order valence-corrected chi connectivity index (χ0v) is 10.7. The molecule has 0 aromatic carbocycles. The topological polar surface area (TPSA) is 76.1 Å². The van der Waals surface area contributed by atoms with E-state index in [9.17, 15) is 5.11 Å². The summed E-state index contributed by atoms with van der Waals surface area (Å²) in [5.41, 5.74) is 6.85. The van der Waals surface area contributed by atoms with Crippen LogP contribution in [0.4, 0.5) is 11.5 Å². The monoisotopic (exact) mass is 238 g/mol. The van der Waals surface area contributed by atoms with Crippen LogP contribution in [0.3, 0.4) is 0 Å². The molecule has 1 saturated carbocycles. The number of aromatic nitrogens is 2. The molecule has 2 rings (SSSR count). The third kappa shape index (κ3) is 2.54. The number of hydrogen-bond donors (Lipinski definition) is 3. The second kappa shape index (κ2) is 4.56. The Bertz CT molecular complexity index is 393. The molecule has 96 valence electrons. The van der Waals surface area contributed by atoms with Crippen LogP contribution in [-0.2, 0) is 7.05 Å². The first-order valence-electron chi connectivity index (χ1n) is 6.27. The maximum atomic E-state index is 10.4. The summed E-state index contributed by atoms with van der Waals surface area (Å²) in [6.07, 6.45) is 5.19. The lowest BCUT2D eigenvalue weighted by atomic mass is 9.85. The normalized spacial score (nSPS) is 19.2. The second-order valence-electron chi connectivity index (χ2n) is 5.11. The lowest BCUT2D eigenvalue weighted by Gasteiger charge is -2.32. The van der Waals surface area contributed by atoms with Crippen LogP contribution in [-0.4, -0.2) is 27.0 Å². The fourth-order valence-corrected chi connectivity index (χ4v) is 2.52. The van der Waals surface area contributed by atoms with Gasteiger partial charge < -0.3 is 16.2 Å². The van der Waals surface area contributed by atoms with Gasteiger partial charge in [-0.2, -0.15) is 5.10 Å². The maximum absolute atomic E-state index is 10.4. The van der Waals surface area contributed by atoms with E-state index in [0.717, 1.165) is 37.2 Å². The fourth-order valence-electron chi connectivity index (χ4n) is 2.52. The molecule has 1 aliphatic carbocycles. The number of aryl methyl sites for hydroxylation is 2. The first-order valence-corrected chi connectivity index (χ1v) is 6.27. The molecule has 1 heterocycles. The largest absolute Gasteiger partial charge is 0.394 e. The Morgan fingerprint density at radius 3 is 2.59 bits per heavy atom. The van der Waals surface area contributed by atoms with Gasteiger partial charge in [0, 0.05) is 13.6 Å². The summed E-state index contributed by atoms with van der Waals surface area (Å²) < 4.78 is 1.73. The molecule has 17 heavy (non-hydrogen) atoms. The Morgan fingerprint density at radius 1 is 1.41 bits per heavy atom. The van der Waals surface area contributed by atoms with Gasteiger partial charge in [-0.25, -0.2) is 0 Å². The summed E-state index contributed by atoms with van der Waals surface area (Å²) >= 11 is 0. The Balaban J connectivity index is 2.01. The molecule has 5 nitrogen and oxygen atoms in total. The number of hydrogen-bond acceptors (Lipinski definition) is 4. The Morgan fingerprint density at radius 2 is 2.06 bits per heavy atom. The molecule has 0 radical (unpaired) electrons. The Kier molecular flexibility index (Phi) is 3.28. The van der Waals surface area contributed by atoms with E-state index in [2.05, 4.69) is 10.4 Å². The molecular weight excluding hydrogens is 216 g/mol. The summed E-state index contributed by atoms with van der Waals surface area (Å²) in [5, 5.41) is 17.9. The molecule has 0 aliphatic heterocycles. The summed E-state index contributed by atoms with van der Waals surface area (Å²) in [5.74, 6) is 0.807. The predicted octanol–water partition coefficient (Wildman–Crippen LogP) is 1.42. The van der Waals surface area contributed by atoms with Gasteiger partial charge >= 0.3 is 0 Å². The Hall–Kier alpha value is -1.23. The molecule has 5 heteroatoms. The van der Waals surface area contributed by atoms with Gasteiger partial charge in [0.05, 0.1) is 17.0 Å². The van der Waals surface area contributed by atoms with Crippen LogP contribution in [0.2, 0.25) is 0 Å². The highest BCUT2D eigenvalue weighted by Gasteiger charge is 2.29. The van der Waals surface area contributed by atoms with Crippen LogP contribution in [0, 0.1) is 6.92 Å². The molecule has 0 spiro atoms. The SMILES string of the molecule is Cc1nn(C)c(NCC2(O)CCCCC2)c1N. The molecule has 0 atom stereocenters. The highest BCUT2D eigenvalue weighted by atomic mass is 16.3. The third-order valence-electron chi connectivity index (χ3n) is 3.64. The smallest absolute Gasteiger partial charge is 0.147 e. The molecule has 4 N–H and O–H groups in total. The zero-order valence-electron chi connectivity index (χ0n) is 10.7. The number of anilines is 2. The first-order chi connectivity index (χ1) is 8.02.